The number of amides is 1. The molecule has 2 heterocycles. The van der Waals surface area contributed by atoms with Gasteiger partial charge in [-0.2, -0.15) is 5.10 Å². The highest BCUT2D eigenvalue weighted by Crippen LogP contribution is 2.27. The lowest BCUT2D eigenvalue weighted by atomic mass is 10.2. The van der Waals surface area contributed by atoms with Crippen LogP contribution in [0.5, 0.6) is 0 Å². The summed E-state index contributed by atoms with van der Waals surface area (Å²) in [7, 11) is -3.72. The van der Waals surface area contributed by atoms with Crippen LogP contribution in [0.3, 0.4) is 0 Å². The Bertz CT molecular complexity index is 1390. The fraction of sp³-hybridized carbons (Fsp3) is 0.200. The molecule has 0 fully saturated rings. The second-order valence-corrected chi connectivity index (χ2v) is 9.85. The van der Waals surface area contributed by atoms with Gasteiger partial charge in [0.05, 0.1) is 35.6 Å². The van der Waals surface area contributed by atoms with Gasteiger partial charge < -0.3 is 9.73 Å². The SMILES string of the molecule is O=C(NCc1nn(-c2ccccc2)c2c1CCC2)c1ccc(S(=O)(=O)NCc2ccco2)cc1. The topological polar surface area (TPSA) is 106 Å². The van der Waals surface area contributed by atoms with E-state index < -0.39 is 10.0 Å². The average molecular weight is 477 g/mol. The van der Waals surface area contributed by atoms with Crippen molar-refractivity contribution in [3.63, 3.8) is 0 Å². The molecule has 0 aliphatic heterocycles. The van der Waals surface area contributed by atoms with E-state index in [0.29, 0.717) is 17.9 Å². The zero-order chi connectivity index (χ0) is 23.5. The van der Waals surface area contributed by atoms with E-state index in [1.165, 1.54) is 41.8 Å². The largest absolute Gasteiger partial charge is 0.468 e. The normalized spacial score (nSPS) is 13.1. The number of rotatable bonds is 8. The number of benzene rings is 2. The zero-order valence-electron chi connectivity index (χ0n) is 18.4. The van der Waals surface area contributed by atoms with Crippen molar-refractivity contribution in [3.05, 3.63) is 101 Å². The fourth-order valence-electron chi connectivity index (χ4n) is 4.15. The molecule has 0 spiro atoms. The maximum atomic E-state index is 12.7. The summed E-state index contributed by atoms with van der Waals surface area (Å²) in [6.07, 6.45) is 4.47. The second kappa shape index (κ2) is 9.28. The van der Waals surface area contributed by atoms with E-state index in [-0.39, 0.29) is 17.3 Å². The van der Waals surface area contributed by atoms with Crippen LogP contribution in [0.2, 0.25) is 0 Å². The summed E-state index contributed by atoms with van der Waals surface area (Å²) < 4.78 is 34.6. The molecule has 2 aromatic carbocycles. The van der Waals surface area contributed by atoms with Gasteiger partial charge in [0.1, 0.15) is 5.76 Å². The van der Waals surface area contributed by atoms with E-state index in [2.05, 4.69) is 10.0 Å². The van der Waals surface area contributed by atoms with Gasteiger partial charge in [0.25, 0.3) is 5.91 Å². The van der Waals surface area contributed by atoms with Crippen LogP contribution in [0, 0.1) is 0 Å². The number of carbonyl (C=O) groups excluding carboxylic acids is 1. The lowest BCUT2D eigenvalue weighted by Gasteiger charge is -2.08. The van der Waals surface area contributed by atoms with Crippen molar-refractivity contribution in [3.8, 4) is 5.69 Å². The first-order valence-corrected chi connectivity index (χ1v) is 12.5. The Morgan fingerprint density at radius 3 is 2.50 bits per heavy atom. The Balaban J connectivity index is 1.25. The van der Waals surface area contributed by atoms with Crippen molar-refractivity contribution in [2.45, 2.75) is 37.2 Å². The average Bonchev–Trinajstić information content (AvgIpc) is 3.61. The lowest BCUT2D eigenvalue weighted by molar-refractivity contribution is 0.0950. The quantitative estimate of drug-likeness (QED) is 0.406. The molecular weight excluding hydrogens is 452 g/mol. The van der Waals surface area contributed by atoms with Crippen molar-refractivity contribution in [1.29, 1.82) is 0 Å². The molecule has 2 aromatic heterocycles. The molecule has 0 atom stereocenters. The molecule has 9 heteroatoms. The number of nitrogens with one attached hydrogen (secondary N) is 2. The Morgan fingerprint density at radius 2 is 1.76 bits per heavy atom. The third kappa shape index (κ3) is 4.52. The highest BCUT2D eigenvalue weighted by atomic mass is 32.2. The Morgan fingerprint density at radius 1 is 0.971 bits per heavy atom. The summed E-state index contributed by atoms with van der Waals surface area (Å²) in [5.74, 6) is 0.231. The highest BCUT2D eigenvalue weighted by Gasteiger charge is 2.23. The predicted molar refractivity (Wildman–Crippen MR) is 126 cm³/mol. The number of sulfonamides is 1. The van der Waals surface area contributed by atoms with Crippen molar-refractivity contribution in [2.75, 3.05) is 0 Å². The summed E-state index contributed by atoms with van der Waals surface area (Å²) >= 11 is 0. The van der Waals surface area contributed by atoms with Crippen LogP contribution in [-0.4, -0.2) is 24.1 Å². The first-order valence-electron chi connectivity index (χ1n) is 11.1. The molecule has 174 valence electrons. The molecule has 8 nitrogen and oxygen atoms in total. The molecule has 0 saturated heterocycles. The van der Waals surface area contributed by atoms with E-state index in [4.69, 9.17) is 9.52 Å². The minimum absolute atomic E-state index is 0.0531. The second-order valence-electron chi connectivity index (χ2n) is 8.08. The number of nitrogens with zero attached hydrogens (tertiary/aromatic N) is 2. The maximum absolute atomic E-state index is 12.7. The van der Waals surface area contributed by atoms with Crippen molar-refractivity contribution in [2.24, 2.45) is 0 Å². The van der Waals surface area contributed by atoms with Crippen LogP contribution < -0.4 is 10.0 Å². The third-order valence-corrected chi connectivity index (χ3v) is 7.29. The smallest absolute Gasteiger partial charge is 0.251 e. The minimum Gasteiger partial charge on any atom is -0.468 e. The molecular formula is C25H24N4O4S. The first-order chi connectivity index (χ1) is 16.5. The minimum atomic E-state index is -3.72. The van der Waals surface area contributed by atoms with Gasteiger partial charge in [0.2, 0.25) is 10.0 Å². The Labute approximate surface area is 197 Å². The number of carbonyl (C=O) groups is 1. The summed E-state index contributed by atoms with van der Waals surface area (Å²) in [5, 5.41) is 7.68. The van der Waals surface area contributed by atoms with E-state index >= 15 is 0 Å². The predicted octanol–water partition coefficient (Wildman–Crippen LogP) is 3.36. The molecule has 0 bridgehead atoms. The molecule has 4 aromatic rings. The van der Waals surface area contributed by atoms with Crippen molar-refractivity contribution in [1.82, 2.24) is 19.8 Å². The number of furan rings is 1. The molecule has 1 aliphatic carbocycles. The molecule has 0 unspecified atom stereocenters. The van der Waals surface area contributed by atoms with Crippen LogP contribution >= 0.6 is 0 Å². The summed E-state index contributed by atoms with van der Waals surface area (Å²) in [6, 6.07) is 19.2. The number of fused-ring (bicyclic) bond motifs is 1. The molecule has 5 rings (SSSR count). The molecule has 1 aliphatic rings. The molecule has 2 N–H and O–H groups in total. The Hall–Kier alpha value is -3.69. The summed E-state index contributed by atoms with van der Waals surface area (Å²) in [4.78, 5) is 12.8. The number of para-hydroxylation sites is 1. The Kier molecular flexibility index (Phi) is 6.04. The van der Waals surface area contributed by atoms with Crippen molar-refractivity contribution < 1.29 is 17.6 Å². The van der Waals surface area contributed by atoms with Crippen molar-refractivity contribution >= 4 is 15.9 Å². The van der Waals surface area contributed by atoms with Gasteiger partial charge in [-0.05, 0) is 73.4 Å². The van der Waals surface area contributed by atoms with Crippen LogP contribution in [0.1, 0.15) is 39.5 Å². The molecule has 1 amide bonds. The lowest BCUT2D eigenvalue weighted by Crippen LogP contribution is -2.25. The van der Waals surface area contributed by atoms with E-state index in [0.717, 1.165) is 30.6 Å². The van der Waals surface area contributed by atoms with Crippen LogP contribution in [-0.2, 0) is 36.0 Å². The number of hydrogen-bond acceptors (Lipinski definition) is 5. The highest BCUT2D eigenvalue weighted by molar-refractivity contribution is 7.89. The fourth-order valence-corrected chi connectivity index (χ4v) is 5.15. The maximum Gasteiger partial charge on any atom is 0.251 e. The summed E-state index contributed by atoms with van der Waals surface area (Å²) in [5.41, 5.74) is 4.66. The first kappa shape index (κ1) is 22.1. The van der Waals surface area contributed by atoms with E-state index in [1.807, 2.05) is 35.0 Å². The molecule has 0 radical (unpaired) electrons. The molecule has 0 saturated carbocycles. The standard InChI is InChI=1S/C25H24N4O4S/c30-25(18-11-13-21(14-12-18)34(31,32)27-16-20-8-5-15-33-20)26-17-23-22-9-4-10-24(22)29(28-23)19-6-2-1-3-7-19/h1-3,5-8,11-15,27H,4,9-10,16-17H2,(H,26,30). The van der Waals surface area contributed by atoms with Crippen LogP contribution in [0.25, 0.3) is 5.69 Å². The van der Waals surface area contributed by atoms with E-state index in [9.17, 15) is 13.2 Å². The van der Waals surface area contributed by atoms with E-state index in [1.54, 1.807) is 12.1 Å². The van der Waals surface area contributed by atoms with Gasteiger partial charge in [0.15, 0.2) is 0 Å². The zero-order valence-corrected chi connectivity index (χ0v) is 19.2. The van der Waals surface area contributed by atoms with Gasteiger partial charge in [-0.25, -0.2) is 17.8 Å². The van der Waals surface area contributed by atoms with Crippen LogP contribution in [0.15, 0.2) is 82.3 Å². The number of hydrogen-bond donors (Lipinski definition) is 2. The van der Waals surface area contributed by atoms with Gasteiger partial charge in [0, 0.05) is 11.3 Å². The molecule has 34 heavy (non-hydrogen) atoms. The van der Waals surface area contributed by atoms with Gasteiger partial charge >= 0.3 is 0 Å². The summed E-state index contributed by atoms with van der Waals surface area (Å²) in [6.45, 7) is 0.364. The van der Waals surface area contributed by atoms with Gasteiger partial charge in [-0.1, -0.05) is 18.2 Å². The number of aromatic nitrogens is 2. The van der Waals surface area contributed by atoms with Gasteiger partial charge in [-0.15, -0.1) is 0 Å². The van der Waals surface area contributed by atoms with Crippen LogP contribution in [0.4, 0.5) is 0 Å². The van der Waals surface area contributed by atoms with Gasteiger partial charge in [-0.3, -0.25) is 4.79 Å². The third-order valence-electron chi connectivity index (χ3n) is 5.87. The monoisotopic (exact) mass is 476 g/mol.